The van der Waals surface area contributed by atoms with Crippen LogP contribution in [0.4, 0.5) is 0 Å². The number of benzene rings is 1. The van der Waals surface area contributed by atoms with E-state index in [1.54, 1.807) is 11.8 Å². The molecular weight excluding hydrogens is 274 g/mol. The van der Waals surface area contributed by atoms with Crippen LogP contribution in [-0.4, -0.2) is 24.2 Å². The standard InChI is InChI=1S/C15H15NO3S/c17-13-6-2-4-10-3-1-5-11-12(9-20-8-7-19-13)16-15(18)14(10)11/h1,3,5,9H,2,4,6-8H2,(H,16,18)/b12-9-. The van der Waals surface area contributed by atoms with Crippen LogP contribution in [-0.2, 0) is 16.0 Å². The fourth-order valence-corrected chi connectivity index (χ4v) is 3.14. The number of ether oxygens (including phenoxy) is 1. The Balaban J connectivity index is 1.96. The zero-order valence-corrected chi connectivity index (χ0v) is 11.8. The number of cyclic esters (lactones) is 1. The van der Waals surface area contributed by atoms with E-state index in [1.807, 2.05) is 23.6 Å². The summed E-state index contributed by atoms with van der Waals surface area (Å²) < 4.78 is 5.14. The van der Waals surface area contributed by atoms with Crippen molar-refractivity contribution in [2.45, 2.75) is 19.3 Å². The lowest BCUT2D eigenvalue weighted by atomic mass is 9.98. The molecule has 1 aromatic rings. The topological polar surface area (TPSA) is 55.4 Å². The summed E-state index contributed by atoms with van der Waals surface area (Å²) in [5.74, 6) is 0.496. The number of carbonyl (C=O) groups is 2. The molecule has 2 aliphatic rings. The van der Waals surface area contributed by atoms with Crippen LogP contribution >= 0.6 is 11.8 Å². The third-order valence-corrected chi connectivity index (χ3v) is 4.21. The van der Waals surface area contributed by atoms with E-state index in [-0.39, 0.29) is 11.9 Å². The summed E-state index contributed by atoms with van der Waals surface area (Å²) in [4.78, 5) is 23.6. The summed E-state index contributed by atoms with van der Waals surface area (Å²) in [6, 6.07) is 5.88. The lowest BCUT2D eigenvalue weighted by Crippen LogP contribution is -2.14. The van der Waals surface area contributed by atoms with E-state index < -0.39 is 0 Å². The molecule has 0 aliphatic carbocycles. The van der Waals surface area contributed by atoms with Crippen LogP contribution in [0, 0.1) is 0 Å². The number of hydrogen-bond donors (Lipinski definition) is 1. The number of carbonyl (C=O) groups excluding carboxylic acids is 2. The Bertz CT molecular complexity index is 595. The normalized spacial score (nSPS) is 21.7. The summed E-state index contributed by atoms with van der Waals surface area (Å²) in [5, 5.41) is 4.85. The second-order valence-corrected chi connectivity index (χ2v) is 5.75. The first-order chi connectivity index (χ1) is 9.75. The summed E-state index contributed by atoms with van der Waals surface area (Å²) >= 11 is 1.54. The first-order valence-electron chi connectivity index (χ1n) is 6.67. The Kier molecular flexibility index (Phi) is 3.78. The second kappa shape index (κ2) is 5.71. The Morgan fingerprint density at radius 2 is 2.10 bits per heavy atom. The summed E-state index contributed by atoms with van der Waals surface area (Å²) in [6.07, 6.45) is 1.82. The van der Waals surface area contributed by atoms with Crippen molar-refractivity contribution in [3.8, 4) is 0 Å². The van der Waals surface area contributed by atoms with Crippen LogP contribution in [0.25, 0.3) is 5.70 Å². The molecule has 1 N–H and O–H groups in total. The van der Waals surface area contributed by atoms with Crippen molar-refractivity contribution in [1.82, 2.24) is 5.32 Å². The van der Waals surface area contributed by atoms with Gasteiger partial charge in [0, 0.05) is 17.7 Å². The van der Waals surface area contributed by atoms with Crippen LogP contribution in [0.1, 0.15) is 34.3 Å². The molecule has 0 unspecified atom stereocenters. The van der Waals surface area contributed by atoms with Gasteiger partial charge >= 0.3 is 5.97 Å². The van der Waals surface area contributed by atoms with Gasteiger partial charge in [-0.15, -0.1) is 11.8 Å². The molecule has 0 fully saturated rings. The molecule has 20 heavy (non-hydrogen) atoms. The van der Waals surface area contributed by atoms with Crippen molar-refractivity contribution in [3.63, 3.8) is 0 Å². The maximum absolute atomic E-state index is 12.1. The summed E-state index contributed by atoms with van der Waals surface area (Å²) in [6.45, 7) is 0.408. The van der Waals surface area contributed by atoms with Crippen LogP contribution in [0.5, 0.6) is 0 Å². The smallest absolute Gasteiger partial charge is 0.305 e. The average molecular weight is 289 g/mol. The van der Waals surface area contributed by atoms with Gasteiger partial charge in [-0.1, -0.05) is 18.2 Å². The summed E-state index contributed by atoms with van der Waals surface area (Å²) in [5.41, 5.74) is 3.57. The van der Waals surface area contributed by atoms with Gasteiger partial charge < -0.3 is 10.1 Å². The third-order valence-electron chi connectivity index (χ3n) is 3.41. The van der Waals surface area contributed by atoms with Crippen molar-refractivity contribution in [1.29, 1.82) is 0 Å². The first kappa shape index (κ1) is 13.2. The highest BCUT2D eigenvalue weighted by atomic mass is 32.2. The lowest BCUT2D eigenvalue weighted by molar-refractivity contribution is -0.143. The van der Waals surface area contributed by atoms with E-state index >= 15 is 0 Å². The Morgan fingerprint density at radius 1 is 1.20 bits per heavy atom. The molecule has 0 atom stereocenters. The molecule has 0 radical (unpaired) electrons. The fraction of sp³-hybridized carbons (Fsp3) is 0.333. The van der Waals surface area contributed by atoms with Crippen molar-refractivity contribution >= 4 is 29.3 Å². The molecule has 5 heteroatoms. The monoisotopic (exact) mass is 289 g/mol. The number of aryl methyl sites for hydroxylation is 1. The SMILES string of the molecule is O=C1CCCc2cccc3c2C(=O)N/C3=C\SCCO1. The highest BCUT2D eigenvalue weighted by Crippen LogP contribution is 2.30. The quantitative estimate of drug-likeness (QED) is 0.745. The minimum atomic E-state index is -0.159. The van der Waals surface area contributed by atoms with Gasteiger partial charge in [0.15, 0.2) is 0 Å². The van der Waals surface area contributed by atoms with Crippen molar-refractivity contribution in [3.05, 3.63) is 40.3 Å². The molecule has 0 spiro atoms. The van der Waals surface area contributed by atoms with Gasteiger partial charge in [-0.05, 0) is 23.8 Å². The zero-order valence-electron chi connectivity index (χ0n) is 11.0. The average Bonchev–Trinajstić information content (AvgIpc) is 2.76. The van der Waals surface area contributed by atoms with Crippen LogP contribution in [0.15, 0.2) is 23.6 Å². The molecule has 1 amide bonds. The molecular formula is C15H15NO3S. The number of hydrogen-bond acceptors (Lipinski definition) is 4. The lowest BCUT2D eigenvalue weighted by Gasteiger charge is -2.06. The molecule has 4 bridgehead atoms. The third kappa shape index (κ3) is 2.58. The van der Waals surface area contributed by atoms with Gasteiger partial charge in [-0.2, -0.15) is 0 Å². The molecule has 1 aromatic carbocycles. The van der Waals surface area contributed by atoms with Gasteiger partial charge in [0.25, 0.3) is 5.91 Å². The van der Waals surface area contributed by atoms with Gasteiger partial charge in [0.1, 0.15) is 6.61 Å². The van der Waals surface area contributed by atoms with E-state index in [0.29, 0.717) is 31.6 Å². The molecule has 104 valence electrons. The largest absolute Gasteiger partial charge is 0.465 e. The number of thioether (sulfide) groups is 1. The predicted molar refractivity (Wildman–Crippen MR) is 78.2 cm³/mol. The van der Waals surface area contributed by atoms with Crippen LogP contribution in [0.3, 0.4) is 0 Å². The van der Waals surface area contributed by atoms with Gasteiger partial charge in [0.05, 0.1) is 11.3 Å². The minimum Gasteiger partial charge on any atom is -0.465 e. The molecule has 4 nitrogen and oxygen atoms in total. The number of amides is 1. The molecule has 0 saturated heterocycles. The number of rotatable bonds is 0. The van der Waals surface area contributed by atoms with E-state index in [0.717, 1.165) is 22.4 Å². The highest BCUT2D eigenvalue weighted by Gasteiger charge is 2.26. The number of esters is 1. The van der Waals surface area contributed by atoms with E-state index in [2.05, 4.69) is 5.32 Å². The first-order valence-corrected chi connectivity index (χ1v) is 7.71. The molecule has 2 aliphatic heterocycles. The fourth-order valence-electron chi connectivity index (χ4n) is 2.49. The number of nitrogens with one attached hydrogen (secondary N) is 1. The second-order valence-electron chi connectivity index (χ2n) is 4.77. The van der Waals surface area contributed by atoms with E-state index in [1.165, 1.54) is 0 Å². The van der Waals surface area contributed by atoms with Gasteiger partial charge in [0.2, 0.25) is 0 Å². The molecule has 0 saturated carbocycles. The Hall–Kier alpha value is -1.75. The van der Waals surface area contributed by atoms with Gasteiger partial charge in [-0.25, -0.2) is 0 Å². The van der Waals surface area contributed by atoms with Crippen molar-refractivity contribution < 1.29 is 14.3 Å². The minimum absolute atomic E-state index is 0.0397. The predicted octanol–water partition coefficient (Wildman–Crippen LogP) is 2.34. The van der Waals surface area contributed by atoms with Crippen molar-refractivity contribution in [2.24, 2.45) is 0 Å². The summed E-state index contributed by atoms with van der Waals surface area (Å²) in [7, 11) is 0. The van der Waals surface area contributed by atoms with Crippen LogP contribution < -0.4 is 5.32 Å². The highest BCUT2D eigenvalue weighted by molar-refractivity contribution is 8.02. The molecule has 2 heterocycles. The Labute approximate surface area is 121 Å². The Morgan fingerprint density at radius 3 is 3.00 bits per heavy atom. The van der Waals surface area contributed by atoms with E-state index in [9.17, 15) is 9.59 Å². The maximum atomic E-state index is 12.1. The zero-order chi connectivity index (χ0) is 13.9. The maximum Gasteiger partial charge on any atom is 0.305 e. The van der Waals surface area contributed by atoms with E-state index in [4.69, 9.17) is 4.74 Å². The van der Waals surface area contributed by atoms with Gasteiger partial charge in [-0.3, -0.25) is 9.59 Å². The van der Waals surface area contributed by atoms with Crippen LogP contribution in [0.2, 0.25) is 0 Å². The van der Waals surface area contributed by atoms with Crippen molar-refractivity contribution in [2.75, 3.05) is 12.4 Å². The molecule has 3 rings (SSSR count). The molecule has 0 aromatic heterocycles.